The summed E-state index contributed by atoms with van der Waals surface area (Å²) in [6.07, 6.45) is 13.2. The number of hydrogen-bond acceptors (Lipinski definition) is 14. The summed E-state index contributed by atoms with van der Waals surface area (Å²) in [5.74, 6) is -0.570. The minimum absolute atomic E-state index is 0.0674. The van der Waals surface area contributed by atoms with Gasteiger partial charge in [-0.05, 0) is 166 Å². The Hall–Kier alpha value is -4.33. The number of carbonyl (C=O) groups is 3. The third kappa shape index (κ3) is 10.5. The Morgan fingerprint density at radius 1 is 0.962 bits per heavy atom. The number of aromatic nitrogens is 3. The van der Waals surface area contributed by atoms with Gasteiger partial charge in [-0.2, -0.15) is 0 Å². The molecule has 17 heteroatoms. The van der Waals surface area contributed by atoms with Crippen molar-refractivity contribution in [3.05, 3.63) is 57.7 Å². The molecule has 10 heterocycles. The van der Waals surface area contributed by atoms with E-state index >= 15 is 4.79 Å². The second-order valence-electron chi connectivity index (χ2n) is 26.2. The number of cyclic esters (lactones) is 1. The van der Waals surface area contributed by atoms with Gasteiger partial charge in [-0.3, -0.25) is 29.3 Å². The average Bonchev–Trinajstić information content (AvgIpc) is 3.59. The molecule has 8 bridgehead atoms. The summed E-state index contributed by atoms with van der Waals surface area (Å²) < 4.78 is 34.4. The molecule has 4 aromatic rings. The van der Waals surface area contributed by atoms with E-state index in [0.717, 1.165) is 120 Å². The predicted molar refractivity (Wildman–Crippen MR) is 300 cm³/mol. The number of nitrogens with one attached hydrogen (secondary N) is 2. The topological polar surface area (TPSA) is 162 Å². The SMILES string of the molecule is CO[C@@H](C)c1ncc(C2CCN(C3CC3)CC2)cc1-c1c2c3cc(ccc3n1CCO[C@H]1CCOC(C)(C)C1)-c1csc(n1)[C@@H](N1CCCC1)[C@H](NC(=O)C13CC(C)(C1)[C@@H](C)O3)C(=O)N1CCC[C@H](N1)C(=O)OCC(C)(C)C2. The fourth-order valence-electron chi connectivity index (χ4n) is 14.4. The van der Waals surface area contributed by atoms with Crippen molar-refractivity contribution >= 4 is 40.0 Å². The lowest BCUT2D eigenvalue weighted by atomic mass is 9.61. The quantitative estimate of drug-likeness (QED) is 0.130. The molecule has 8 fully saturated rings. The highest BCUT2D eigenvalue weighted by Crippen LogP contribution is 2.61. The number of benzene rings is 1. The minimum Gasteiger partial charge on any atom is -0.464 e. The van der Waals surface area contributed by atoms with Crippen LogP contribution in [0.25, 0.3) is 33.4 Å². The van der Waals surface area contributed by atoms with Crippen LogP contribution >= 0.6 is 11.3 Å². The molecule has 2 N–H and O–H groups in total. The summed E-state index contributed by atoms with van der Waals surface area (Å²) in [4.78, 5) is 60.3. The Balaban J connectivity index is 0.997. The highest BCUT2D eigenvalue weighted by atomic mass is 32.1. The average molecular weight is 1090 g/mol. The number of carbonyl (C=O) groups excluding carboxylic acids is 3. The molecule has 0 spiro atoms. The van der Waals surface area contributed by atoms with Crippen LogP contribution in [0.15, 0.2) is 35.8 Å². The van der Waals surface area contributed by atoms with Gasteiger partial charge in [0.2, 0.25) is 0 Å². The Morgan fingerprint density at radius 2 is 1.74 bits per heavy atom. The zero-order valence-electron chi connectivity index (χ0n) is 47.5. The number of rotatable bonds is 12. The number of pyridine rings is 1. The molecule has 3 aromatic heterocycles. The molecule has 13 rings (SSSR count). The lowest BCUT2D eigenvalue weighted by molar-refractivity contribution is -0.157. The van der Waals surface area contributed by atoms with Crippen LogP contribution in [0.3, 0.4) is 0 Å². The third-order valence-electron chi connectivity index (χ3n) is 19.1. The first-order chi connectivity index (χ1) is 37.4. The Labute approximate surface area is 465 Å². The molecule has 2 saturated carbocycles. The highest BCUT2D eigenvalue weighted by Gasteiger charge is 2.68. The van der Waals surface area contributed by atoms with Gasteiger partial charge < -0.3 is 38.5 Å². The van der Waals surface area contributed by atoms with Gasteiger partial charge in [-0.15, -0.1) is 11.3 Å². The number of thiazole rings is 1. The highest BCUT2D eigenvalue weighted by molar-refractivity contribution is 7.10. The van der Waals surface area contributed by atoms with Gasteiger partial charge in [0.1, 0.15) is 22.7 Å². The van der Waals surface area contributed by atoms with Crippen molar-refractivity contribution in [2.75, 3.05) is 59.7 Å². The lowest BCUT2D eigenvalue weighted by Crippen LogP contribution is -2.65. The summed E-state index contributed by atoms with van der Waals surface area (Å²) in [5.41, 5.74) is 9.71. The Bertz CT molecular complexity index is 2890. The second kappa shape index (κ2) is 21.2. The number of fused-ring (bicyclic) bond motifs is 7. The first kappa shape index (κ1) is 54.3. The van der Waals surface area contributed by atoms with Crippen molar-refractivity contribution < 1.29 is 38.1 Å². The summed E-state index contributed by atoms with van der Waals surface area (Å²) >= 11 is 1.54. The van der Waals surface area contributed by atoms with E-state index < -0.39 is 35.1 Å². The minimum atomic E-state index is -1.01. The number of amides is 2. The van der Waals surface area contributed by atoms with E-state index in [-0.39, 0.29) is 47.7 Å². The standard InChI is InChI=1S/C61H84N8O8S/c1-37(73-8)50-45(29-41(32-62-50)39-17-23-66(24-18-39)42-14-15-42)52-46-31-58(3,4)36-75-56(71)47-12-11-22-69(65-47)55(70)51(64-57(72)61-34-60(7,35-61)38(2)77-61)53(67-20-9-10-21-67)54-63-48(33-78-54)40-13-16-49(44(46)28-40)68(52)25-27-74-43-19-26-76-59(5,6)30-43/h13,16,28-29,32-33,37-39,42-43,47,51,53,65H,9-12,14-15,17-27,30-31,34-36H2,1-8H3,(H,64,72)/t37-,38+,43-,47-,51-,53-,60?,61?/m0/s1. The van der Waals surface area contributed by atoms with Gasteiger partial charge >= 0.3 is 5.97 Å². The van der Waals surface area contributed by atoms with Crippen molar-refractivity contribution in [3.63, 3.8) is 0 Å². The van der Waals surface area contributed by atoms with Gasteiger partial charge in [-0.25, -0.2) is 10.4 Å². The lowest BCUT2D eigenvalue weighted by Gasteiger charge is -2.43. The Kier molecular flexibility index (Phi) is 14.8. The largest absolute Gasteiger partial charge is 0.464 e. The van der Waals surface area contributed by atoms with Gasteiger partial charge in [-0.1, -0.05) is 26.8 Å². The molecule has 6 atom stereocenters. The molecule has 78 heavy (non-hydrogen) atoms. The smallest absolute Gasteiger partial charge is 0.324 e. The molecule has 7 aliphatic heterocycles. The van der Waals surface area contributed by atoms with Crippen LogP contribution < -0.4 is 10.7 Å². The van der Waals surface area contributed by atoms with Crippen LogP contribution in [-0.2, 0) is 51.0 Å². The molecule has 2 aliphatic carbocycles. The molecule has 2 amide bonds. The summed E-state index contributed by atoms with van der Waals surface area (Å²) in [6.45, 7) is 21.0. The number of likely N-dealkylation sites (tertiary alicyclic amines) is 2. The van der Waals surface area contributed by atoms with Gasteiger partial charge in [0.15, 0.2) is 0 Å². The van der Waals surface area contributed by atoms with E-state index in [2.05, 4.69) is 102 Å². The summed E-state index contributed by atoms with van der Waals surface area (Å²) in [6, 6.07) is 7.56. The molecule has 0 radical (unpaired) electrons. The maximum atomic E-state index is 15.3. The first-order valence-corrected chi connectivity index (χ1v) is 30.4. The first-order valence-electron chi connectivity index (χ1n) is 29.5. The molecular formula is C61H84N8O8S. The fourth-order valence-corrected chi connectivity index (χ4v) is 15.4. The van der Waals surface area contributed by atoms with Crippen LogP contribution in [0.1, 0.15) is 165 Å². The van der Waals surface area contributed by atoms with E-state index in [1.54, 1.807) is 12.1 Å². The Morgan fingerprint density at radius 3 is 2.46 bits per heavy atom. The normalized spacial score (nSPS) is 31.2. The molecule has 16 nitrogen and oxygen atoms in total. The molecule has 9 aliphatic rings. The van der Waals surface area contributed by atoms with E-state index in [0.29, 0.717) is 64.3 Å². The molecule has 422 valence electrons. The molecular weight excluding hydrogens is 1000 g/mol. The van der Waals surface area contributed by atoms with Crippen LogP contribution in [0.5, 0.6) is 0 Å². The van der Waals surface area contributed by atoms with Crippen molar-refractivity contribution in [2.24, 2.45) is 10.8 Å². The maximum Gasteiger partial charge on any atom is 0.324 e. The number of methoxy groups -OCH3 is 1. The van der Waals surface area contributed by atoms with Gasteiger partial charge in [0.05, 0.1) is 60.3 Å². The van der Waals surface area contributed by atoms with Crippen LogP contribution in [0.2, 0.25) is 0 Å². The van der Waals surface area contributed by atoms with Crippen molar-refractivity contribution in [2.45, 2.75) is 198 Å². The third-order valence-corrected chi connectivity index (χ3v) is 20.0. The predicted octanol–water partition coefficient (Wildman–Crippen LogP) is 9.05. The summed E-state index contributed by atoms with van der Waals surface area (Å²) in [5, 5.41) is 8.83. The number of nitrogens with zero attached hydrogens (tertiary/aromatic N) is 6. The van der Waals surface area contributed by atoms with E-state index in [4.69, 9.17) is 33.7 Å². The van der Waals surface area contributed by atoms with Crippen molar-refractivity contribution in [1.82, 2.24) is 40.1 Å². The van der Waals surface area contributed by atoms with Crippen LogP contribution in [0, 0.1) is 10.8 Å². The zero-order chi connectivity index (χ0) is 54.3. The van der Waals surface area contributed by atoms with Crippen LogP contribution in [-0.4, -0.2) is 148 Å². The number of piperidine rings is 1. The maximum absolute atomic E-state index is 15.3. The molecule has 0 unspecified atom stereocenters. The number of ether oxygens (including phenoxy) is 5. The molecule has 1 aromatic carbocycles. The van der Waals surface area contributed by atoms with Crippen molar-refractivity contribution in [3.8, 4) is 22.5 Å². The van der Waals surface area contributed by atoms with Gasteiger partial charge in [0, 0.05) is 83.7 Å². The van der Waals surface area contributed by atoms with Gasteiger partial charge in [0.25, 0.3) is 11.8 Å². The van der Waals surface area contributed by atoms with E-state index in [9.17, 15) is 9.59 Å². The zero-order valence-corrected chi connectivity index (χ0v) is 48.3. The summed E-state index contributed by atoms with van der Waals surface area (Å²) in [7, 11) is 1.76. The fraction of sp³-hybridized carbons (Fsp3) is 0.689. The second-order valence-corrected chi connectivity index (χ2v) is 27.0. The van der Waals surface area contributed by atoms with Crippen LogP contribution in [0.4, 0.5) is 0 Å². The molecule has 6 saturated heterocycles. The van der Waals surface area contributed by atoms with E-state index in [1.807, 2.05) is 6.92 Å². The number of hydrogen-bond donors (Lipinski definition) is 2. The van der Waals surface area contributed by atoms with E-state index in [1.165, 1.54) is 29.7 Å². The van der Waals surface area contributed by atoms with Crippen molar-refractivity contribution in [1.29, 1.82) is 0 Å². The monoisotopic (exact) mass is 1090 g/mol. The number of hydrazine groups is 1. The number of esters is 1.